The maximum atomic E-state index is 15.3. The predicted octanol–water partition coefficient (Wildman–Crippen LogP) is 7.64. The number of oxazole rings is 1. The molecule has 1 aliphatic heterocycles. The zero-order valence-corrected chi connectivity index (χ0v) is 24.4. The molecule has 4 aromatic rings. The molecular formula is C35H37FN4O3. The molecule has 2 amide bonds. The summed E-state index contributed by atoms with van der Waals surface area (Å²) in [6.07, 6.45) is 9.62. The second-order valence-electron chi connectivity index (χ2n) is 12.5. The van der Waals surface area contributed by atoms with E-state index >= 15 is 4.39 Å². The molecule has 0 radical (unpaired) electrons. The number of carbonyl (C=O) groups is 2. The van der Waals surface area contributed by atoms with Crippen LogP contribution in [0.4, 0.5) is 15.8 Å². The summed E-state index contributed by atoms with van der Waals surface area (Å²) in [6, 6.07) is 18.2. The second kappa shape index (κ2) is 11.5. The average molecular weight is 581 g/mol. The number of rotatable bonds is 6. The Morgan fingerprint density at radius 1 is 0.953 bits per heavy atom. The molecule has 2 unspecified atom stereocenters. The fourth-order valence-electron chi connectivity index (χ4n) is 7.72. The van der Waals surface area contributed by atoms with Gasteiger partial charge in [0.15, 0.2) is 12.0 Å². The summed E-state index contributed by atoms with van der Waals surface area (Å²) >= 11 is 0. The Kier molecular flexibility index (Phi) is 7.37. The molecular weight excluding hydrogens is 543 g/mol. The Morgan fingerprint density at radius 2 is 1.74 bits per heavy atom. The van der Waals surface area contributed by atoms with Crippen molar-refractivity contribution in [2.45, 2.75) is 76.4 Å². The highest BCUT2D eigenvalue weighted by Gasteiger charge is 2.50. The van der Waals surface area contributed by atoms with Crippen molar-refractivity contribution < 1.29 is 18.4 Å². The summed E-state index contributed by atoms with van der Waals surface area (Å²) in [5.74, 6) is -1.38. The summed E-state index contributed by atoms with van der Waals surface area (Å²) in [7, 11) is 0. The molecule has 3 aliphatic rings. The van der Waals surface area contributed by atoms with Crippen molar-refractivity contribution in [3.05, 3.63) is 89.6 Å². The van der Waals surface area contributed by atoms with Gasteiger partial charge in [-0.2, -0.15) is 0 Å². The minimum Gasteiger partial charge on any atom is -0.443 e. The number of aromatic nitrogens is 1. The summed E-state index contributed by atoms with van der Waals surface area (Å²) in [6.45, 7) is 1.77. The van der Waals surface area contributed by atoms with Crippen molar-refractivity contribution >= 4 is 34.3 Å². The van der Waals surface area contributed by atoms with Crippen LogP contribution in [-0.4, -0.2) is 33.8 Å². The molecule has 4 atom stereocenters. The number of hydrogen-bond donors (Lipinski definition) is 2. The van der Waals surface area contributed by atoms with Gasteiger partial charge in [-0.15, -0.1) is 0 Å². The van der Waals surface area contributed by atoms with Crippen LogP contribution in [0.25, 0.3) is 11.1 Å². The molecule has 2 heterocycles. The molecule has 1 aromatic heterocycles. The van der Waals surface area contributed by atoms with Gasteiger partial charge in [0.2, 0.25) is 5.91 Å². The van der Waals surface area contributed by atoms with Gasteiger partial charge in [-0.25, -0.2) is 9.37 Å². The quantitative estimate of drug-likeness (QED) is 0.245. The number of carbonyl (C=O) groups excluding carboxylic acids is 2. The molecule has 3 fully saturated rings. The van der Waals surface area contributed by atoms with E-state index in [9.17, 15) is 9.59 Å². The van der Waals surface area contributed by atoms with E-state index in [0.29, 0.717) is 34.8 Å². The minimum absolute atomic E-state index is 0.0533. The summed E-state index contributed by atoms with van der Waals surface area (Å²) in [5.41, 5.74) is 4.53. The van der Waals surface area contributed by atoms with Gasteiger partial charge in [0.25, 0.3) is 5.91 Å². The first-order valence-corrected chi connectivity index (χ1v) is 15.5. The van der Waals surface area contributed by atoms with Gasteiger partial charge in [-0.1, -0.05) is 43.5 Å². The van der Waals surface area contributed by atoms with Crippen LogP contribution in [0.5, 0.6) is 0 Å². The number of benzene rings is 3. The Bertz CT molecular complexity index is 1620. The number of amides is 2. The van der Waals surface area contributed by atoms with Crippen LogP contribution in [0, 0.1) is 24.6 Å². The van der Waals surface area contributed by atoms with E-state index in [0.717, 1.165) is 30.5 Å². The van der Waals surface area contributed by atoms with E-state index in [1.54, 1.807) is 25.1 Å². The molecule has 0 spiro atoms. The Hall–Kier alpha value is -4.20. The molecule has 3 aromatic carbocycles. The minimum atomic E-state index is -0.541. The van der Waals surface area contributed by atoms with Crippen LogP contribution in [0.15, 0.2) is 71.5 Å². The number of fused-ring (bicyclic) bond motifs is 2. The lowest BCUT2D eigenvalue weighted by atomic mass is 9.76. The zero-order valence-electron chi connectivity index (χ0n) is 24.4. The number of piperidine rings is 1. The maximum absolute atomic E-state index is 15.3. The van der Waals surface area contributed by atoms with Gasteiger partial charge in [0.05, 0.1) is 17.5 Å². The first-order chi connectivity index (χ1) is 21.0. The monoisotopic (exact) mass is 580 g/mol. The Balaban J connectivity index is 1.27. The van der Waals surface area contributed by atoms with Crippen LogP contribution in [0.2, 0.25) is 0 Å². The number of nitrogens with one attached hydrogen (secondary N) is 2. The van der Waals surface area contributed by atoms with Crippen molar-refractivity contribution in [3.63, 3.8) is 0 Å². The highest BCUT2D eigenvalue weighted by atomic mass is 19.1. The lowest BCUT2D eigenvalue weighted by Gasteiger charge is -2.48. The largest absolute Gasteiger partial charge is 0.443 e. The smallest absolute Gasteiger partial charge is 0.257 e. The molecule has 43 heavy (non-hydrogen) atoms. The van der Waals surface area contributed by atoms with Crippen molar-refractivity contribution in [1.82, 2.24) is 9.88 Å². The standard InChI is InChI=1S/C35H37FN4O3/c1-21-6-4-10-28(36)32(21)35(42)40-30-11-5-7-23(30)18-27(34(41)39-26-16-17-29-31(19-26)43-20-37-29)33(40)22-12-14-25(15-13-22)38-24-8-2-3-9-24/h4,6,10,12-17,19-20,23-24,27,30,33,38H,2-3,5,7-9,11,18H2,1H3,(H,39,41)/t23?,27-,30?,33-/m0/s1. The van der Waals surface area contributed by atoms with Gasteiger partial charge in [-0.05, 0) is 86.4 Å². The van der Waals surface area contributed by atoms with Crippen LogP contribution in [-0.2, 0) is 4.79 Å². The third kappa shape index (κ3) is 5.28. The maximum Gasteiger partial charge on any atom is 0.257 e. The first kappa shape index (κ1) is 27.6. The molecule has 1 saturated heterocycles. The van der Waals surface area contributed by atoms with Gasteiger partial charge >= 0.3 is 0 Å². The molecule has 8 heteroatoms. The van der Waals surface area contributed by atoms with Gasteiger partial charge in [0, 0.05) is 29.5 Å². The zero-order chi connectivity index (χ0) is 29.5. The van der Waals surface area contributed by atoms with Gasteiger partial charge in [-0.3, -0.25) is 9.59 Å². The van der Waals surface area contributed by atoms with E-state index in [4.69, 9.17) is 4.42 Å². The van der Waals surface area contributed by atoms with Crippen molar-refractivity contribution in [2.75, 3.05) is 10.6 Å². The molecule has 7 rings (SSSR count). The highest BCUT2D eigenvalue weighted by molar-refractivity contribution is 5.99. The number of halogens is 1. The predicted molar refractivity (Wildman–Crippen MR) is 164 cm³/mol. The number of anilines is 2. The van der Waals surface area contributed by atoms with E-state index < -0.39 is 17.8 Å². The molecule has 2 saturated carbocycles. The Morgan fingerprint density at radius 3 is 2.53 bits per heavy atom. The third-order valence-corrected chi connectivity index (χ3v) is 9.80. The van der Waals surface area contributed by atoms with E-state index in [1.807, 2.05) is 29.2 Å². The molecule has 2 N–H and O–H groups in total. The first-order valence-electron chi connectivity index (χ1n) is 15.5. The molecule has 0 bridgehead atoms. The van der Waals surface area contributed by atoms with E-state index in [-0.39, 0.29) is 29.3 Å². The van der Waals surface area contributed by atoms with Crippen molar-refractivity contribution in [2.24, 2.45) is 11.8 Å². The average Bonchev–Trinajstić information content (AvgIpc) is 3.78. The van der Waals surface area contributed by atoms with Crippen molar-refractivity contribution in [3.8, 4) is 0 Å². The van der Waals surface area contributed by atoms with E-state index in [1.165, 1.54) is 38.1 Å². The summed E-state index contributed by atoms with van der Waals surface area (Å²) in [5, 5.41) is 6.74. The summed E-state index contributed by atoms with van der Waals surface area (Å²) in [4.78, 5) is 34.6. The topological polar surface area (TPSA) is 87.5 Å². The van der Waals surface area contributed by atoms with Gasteiger partial charge < -0.3 is 20.0 Å². The lowest BCUT2D eigenvalue weighted by molar-refractivity contribution is -0.125. The number of aryl methyl sites for hydroxylation is 1. The highest BCUT2D eigenvalue weighted by Crippen LogP contribution is 2.49. The summed E-state index contributed by atoms with van der Waals surface area (Å²) < 4.78 is 20.7. The van der Waals surface area contributed by atoms with Crippen LogP contribution in [0.3, 0.4) is 0 Å². The molecule has 2 aliphatic carbocycles. The van der Waals surface area contributed by atoms with Crippen molar-refractivity contribution in [1.29, 1.82) is 0 Å². The fraction of sp³-hybridized carbons (Fsp3) is 0.400. The number of hydrogen-bond acceptors (Lipinski definition) is 5. The SMILES string of the molecule is Cc1cccc(F)c1C(=O)N1C2CCCC2C[C@H](C(=O)Nc2ccc3ncoc3c2)[C@@H]1c1ccc(NC2CCCC2)cc1. The van der Waals surface area contributed by atoms with E-state index in [2.05, 4.69) is 27.8 Å². The Labute approximate surface area is 250 Å². The van der Waals surface area contributed by atoms with Crippen LogP contribution in [0.1, 0.15) is 78.9 Å². The lowest BCUT2D eigenvalue weighted by Crippen LogP contribution is -2.54. The third-order valence-electron chi connectivity index (χ3n) is 9.80. The second-order valence-corrected chi connectivity index (χ2v) is 12.5. The molecule has 7 nitrogen and oxygen atoms in total. The van der Waals surface area contributed by atoms with Crippen LogP contribution < -0.4 is 10.6 Å². The van der Waals surface area contributed by atoms with Crippen LogP contribution >= 0.6 is 0 Å². The molecule has 222 valence electrons. The van der Waals surface area contributed by atoms with Gasteiger partial charge in [0.1, 0.15) is 11.3 Å². The fourth-order valence-corrected chi connectivity index (χ4v) is 7.72. The normalized spacial score (nSPS) is 23.8. The number of likely N-dealkylation sites (tertiary alicyclic amines) is 1. The number of nitrogens with zero attached hydrogens (tertiary/aromatic N) is 2.